The normalized spacial score (nSPS) is 21.5. The topological polar surface area (TPSA) is 104 Å². The molecule has 1 amide bonds. The van der Waals surface area contributed by atoms with Gasteiger partial charge in [-0.3, -0.25) is 19.1 Å². The van der Waals surface area contributed by atoms with Crippen LogP contribution in [0.4, 0.5) is 0 Å². The molecule has 0 radical (unpaired) electrons. The molecule has 23 heavy (non-hydrogen) atoms. The molecular weight excluding hydrogens is 318 g/mol. The summed E-state index contributed by atoms with van der Waals surface area (Å²) in [4.78, 5) is 40.6. The van der Waals surface area contributed by atoms with E-state index in [1.54, 1.807) is 6.07 Å². The summed E-state index contributed by atoms with van der Waals surface area (Å²) >= 11 is 1.34. The fourth-order valence-electron chi connectivity index (χ4n) is 2.95. The van der Waals surface area contributed by atoms with Gasteiger partial charge in [-0.2, -0.15) is 0 Å². The average molecular weight is 337 g/mol. The van der Waals surface area contributed by atoms with Crippen LogP contribution in [-0.4, -0.2) is 32.7 Å². The molecule has 0 aromatic carbocycles. The lowest BCUT2D eigenvalue weighted by molar-refractivity contribution is -0.122. The van der Waals surface area contributed by atoms with Crippen LogP contribution in [0.25, 0.3) is 10.2 Å². The minimum Gasteiger partial charge on any atom is -0.393 e. The summed E-state index contributed by atoms with van der Waals surface area (Å²) < 4.78 is 0.932. The molecular formula is C15H19N3O4S. The van der Waals surface area contributed by atoms with Gasteiger partial charge in [0.05, 0.1) is 11.5 Å². The molecule has 1 aliphatic rings. The molecule has 3 N–H and O–H groups in total. The van der Waals surface area contributed by atoms with Crippen molar-refractivity contribution in [2.45, 2.75) is 51.3 Å². The molecule has 2 aromatic rings. The second-order valence-electron chi connectivity index (χ2n) is 5.99. The van der Waals surface area contributed by atoms with Gasteiger partial charge in [-0.15, -0.1) is 11.3 Å². The lowest BCUT2D eigenvalue weighted by atomic mass is 9.93. The van der Waals surface area contributed by atoms with E-state index in [0.717, 1.165) is 9.44 Å². The monoisotopic (exact) mass is 337 g/mol. The van der Waals surface area contributed by atoms with Crippen LogP contribution in [0.15, 0.2) is 15.7 Å². The number of thiophene rings is 1. The third-order valence-electron chi connectivity index (χ3n) is 4.16. The third-order valence-corrected chi connectivity index (χ3v) is 5.13. The zero-order valence-electron chi connectivity index (χ0n) is 12.8. The number of aromatic nitrogens is 2. The highest BCUT2D eigenvalue weighted by Crippen LogP contribution is 2.19. The summed E-state index contributed by atoms with van der Waals surface area (Å²) in [5.41, 5.74) is -1.01. The van der Waals surface area contributed by atoms with E-state index in [4.69, 9.17) is 0 Å². The Bertz CT molecular complexity index is 843. The third kappa shape index (κ3) is 3.37. The number of aliphatic hydroxyl groups is 1. The van der Waals surface area contributed by atoms with Crippen LogP contribution in [0.2, 0.25) is 0 Å². The van der Waals surface area contributed by atoms with E-state index >= 15 is 0 Å². The van der Waals surface area contributed by atoms with Crippen LogP contribution in [0.3, 0.4) is 0 Å². The maximum atomic E-state index is 12.4. The Kier molecular flexibility index (Phi) is 4.36. The molecule has 7 nitrogen and oxygen atoms in total. The highest BCUT2D eigenvalue weighted by Gasteiger charge is 2.21. The van der Waals surface area contributed by atoms with Crippen LogP contribution in [0, 0.1) is 6.92 Å². The molecule has 0 saturated heterocycles. The van der Waals surface area contributed by atoms with Crippen LogP contribution < -0.4 is 16.6 Å². The largest absolute Gasteiger partial charge is 0.393 e. The van der Waals surface area contributed by atoms with Crippen molar-refractivity contribution in [2.24, 2.45) is 0 Å². The van der Waals surface area contributed by atoms with E-state index in [9.17, 15) is 19.5 Å². The van der Waals surface area contributed by atoms with E-state index < -0.39 is 11.2 Å². The zero-order chi connectivity index (χ0) is 16.6. The van der Waals surface area contributed by atoms with E-state index in [0.29, 0.717) is 35.9 Å². The maximum Gasteiger partial charge on any atom is 0.329 e. The SMILES string of the molecule is Cc1cc2c(=O)n(CC(=O)NC3CCC(O)CC3)c(=O)[nH]c2s1. The Morgan fingerprint density at radius 2 is 2.09 bits per heavy atom. The summed E-state index contributed by atoms with van der Waals surface area (Å²) in [7, 11) is 0. The Hall–Kier alpha value is -1.93. The highest BCUT2D eigenvalue weighted by atomic mass is 32.1. The second-order valence-corrected chi connectivity index (χ2v) is 7.25. The number of hydrogen-bond acceptors (Lipinski definition) is 5. The van der Waals surface area contributed by atoms with Crippen molar-refractivity contribution >= 4 is 27.5 Å². The first kappa shape index (κ1) is 15.9. The summed E-state index contributed by atoms with van der Waals surface area (Å²) in [6.45, 7) is 1.56. The Balaban J connectivity index is 1.77. The van der Waals surface area contributed by atoms with Crippen molar-refractivity contribution in [2.75, 3.05) is 0 Å². The Labute approximate surface area is 136 Å². The van der Waals surface area contributed by atoms with Gasteiger partial charge in [-0.25, -0.2) is 4.79 Å². The summed E-state index contributed by atoms with van der Waals surface area (Å²) in [5, 5.41) is 12.7. The van der Waals surface area contributed by atoms with Crippen molar-refractivity contribution in [3.05, 3.63) is 31.8 Å². The number of carbonyl (C=O) groups excluding carboxylic acids is 1. The molecule has 0 atom stereocenters. The van der Waals surface area contributed by atoms with Crippen LogP contribution in [0.5, 0.6) is 0 Å². The number of fused-ring (bicyclic) bond motifs is 1. The number of aliphatic hydroxyl groups excluding tert-OH is 1. The number of H-pyrrole nitrogens is 1. The van der Waals surface area contributed by atoms with Crippen molar-refractivity contribution in [1.29, 1.82) is 0 Å². The molecule has 3 rings (SSSR count). The van der Waals surface area contributed by atoms with Crippen molar-refractivity contribution in [1.82, 2.24) is 14.9 Å². The van der Waals surface area contributed by atoms with Gasteiger partial charge in [0.1, 0.15) is 11.4 Å². The van der Waals surface area contributed by atoms with Crippen LogP contribution >= 0.6 is 11.3 Å². The van der Waals surface area contributed by atoms with Crippen LogP contribution in [-0.2, 0) is 11.3 Å². The summed E-state index contributed by atoms with van der Waals surface area (Å²) in [6.07, 6.45) is 2.44. The van der Waals surface area contributed by atoms with E-state index in [1.807, 2.05) is 6.92 Å². The minimum absolute atomic E-state index is 0.00666. The van der Waals surface area contributed by atoms with Crippen molar-refractivity contribution < 1.29 is 9.90 Å². The van der Waals surface area contributed by atoms with Gasteiger partial charge in [0.2, 0.25) is 5.91 Å². The number of hydrogen-bond donors (Lipinski definition) is 3. The average Bonchev–Trinajstić information content (AvgIpc) is 2.86. The highest BCUT2D eigenvalue weighted by molar-refractivity contribution is 7.18. The van der Waals surface area contributed by atoms with E-state index in [-0.39, 0.29) is 24.6 Å². The minimum atomic E-state index is -0.571. The fourth-order valence-corrected chi connectivity index (χ4v) is 3.84. The molecule has 0 spiro atoms. The van der Waals surface area contributed by atoms with Gasteiger partial charge in [-0.1, -0.05) is 0 Å². The predicted molar refractivity (Wildman–Crippen MR) is 87.8 cm³/mol. The lowest BCUT2D eigenvalue weighted by Gasteiger charge is -2.26. The second kappa shape index (κ2) is 6.29. The van der Waals surface area contributed by atoms with Gasteiger partial charge >= 0.3 is 5.69 Å². The van der Waals surface area contributed by atoms with Gasteiger partial charge in [0.25, 0.3) is 5.56 Å². The Morgan fingerprint density at radius 3 is 2.78 bits per heavy atom. The number of aryl methyl sites for hydroxylation is 1. The first-order valence-electron chi connectivity index (χ1n) is 7.64. The van der Waals surface area contributed by atoms with Crippen LogP contribution in [0.1, 0.15) is 30.6 Å². The quantitative estimate of drug-likeness (QED) is 0.758. The van der Waals surface area contributed by atoms with Gasteiger partial charge in [-0.05, 0) is 38.7 Å². The molecule has 1 aliphatic carbocycles. The number of aromatic amines is 1. The van der Waals surface area contributed by atoms with Gasteiger partial charge in [0.15, 0.2) is 0 Å². The predicted octanol–water partition coefficient (Wildman–Crippen LogP) is 0.479. The van der Waals surface area contributed by atoms with Gasteiger partial charge < -0.3 is 10.4 Å². The first-order chi connectivity index (χ1) is 10.9. The number of nitrogens with one attached hydrogen (secondary N) is 2. The molecule has 2 aromatic heterocycles. The maximum absolute atomic E-state index is 12.4. The van der Waals surface area contributed by atoms with E-state index in [1.165, 1.54) is 11.3 Å². The molecule has 0 bridgehead atoms. The number of carbonyl (C=O) groups is 1. The standard InChI is InChI=1S/C15H19N3O4S/c1-8-6-11-13(23-8)17-15(22)18(14(11)21)7-12(20)16-9-2-4-10(19)5-3-9/h6,9-10,19H,2-5,7H2,1H3,(H,16,20)(H,17,22). The van der Waals surface area contributed by atoms with Crippen molar-refractivity contribution in [3.8, 4) is 0 Å². The molecule has 1 saturated carbocycles. The van der Waals surface area contributed by atoms with Gasteiger partial charge in [0, 0.05) is 10.9 Å². The number of nitrogens with zero attached hydrogens (tertiary/aromatic N) is 1. The zero-order valence-corrected chi connectivity index (χ0v) is 13.6. The molecule has 124 valence electrons. The number of amides is 1. The molecule has 1 fully saturated rings. The van der Waals surface area contributed by atoms with Crippen molar-refractivity contribution in [3.63, 3.8) is 0 Å². The molecule has 0 aliphatic heterocycles. The Morgan fingerprint density at radius 1 is 1.39 bits per heavy atom. The number of rotatable bonds is 3. The molecule has 8 heteroatoms. The molecule has 2 heterocycles. The first-order valence-corrected chi connectivity index (χ1v) is 8.46. The lowest BCUT2D eigenvalue weighted by Crippen LogP contribution is -2.44. The van der Waals surface area contributed by atoms with E-state index in [2.05, 4.69) is 10.3 Å². The summed E-state index contributed by atoms with van der Waals surface area (Å²) in [5.74, 6) is -0.356. The molecule has 0 unspecified atom stereocenters. The fraction of sp³-hybridized carbons (Fsp3) is 0.533. The smallest absolute Gasteiger partial charge is 0.329 e. The summed E-state index contributed by atoms with van der Waals surface area (Å²) in [6, 6.07) is 1.71.